The van der Waals surface area contributed by atoms with E-state index in [0.717, 1.165) is 58.2 Å². The number of carbonyl (C=O) groups is 3. The van der Waals surface area contributed by atoms with Crippen molar-refractivity contribution in [3.63, 3.8) is 0 Å². The summed E-state index contributed by atoms with van der Waals surface area (Å²) in [6.07, 6.45) is 7.30. The maximum atomic E-state index is 13.0. The van der Waals surface area contributed by atoms with Gasteiger partial charge in [-0.1, -0.05) is 13.8 Å². The van der Waals surface area contributed by atoms with Crippen LogP contribution in [0, 0.1) is 5.92 Å². The van der Waals surface area contributed by atoms with Gasteiger partial charge in [-0.25, -0.2) is 4.79 Å². The number of piperidine rings is 1. The fraction of sp³-hybridized carbons (Fsp3) is 0.690. The van der Waals surface area contributed by atoms with E-state index in [1.165, 1.54) is 7.11 Å². The van der Waals surface area contributed by atoms with Crippen LogP contribution in [0.2, 0.25) is 0 Å². The largest absolute Gasteiger partial charge is 0.495 e. The quantitative estimate of drug-likeness (QED) is 0.278. The lowest BCUT2D eigenvalue weighted by Crippen LogP contribution is -2.54. The third kappa shape index (κ3) is 8.61. The number of esters is 1. The lowest BCUT2D eigenvalue weighted by molar-refractivity contribution is -0.158. The van der Waals surface area contributed by atoms with E-state index in [4.69, 9.17) is 15.2 Å². The molecule has 212 valence electrons. The van der Waals surface area contributed by atoms with Gasteiger partial charge in [0.15, 0.2) is 0 Å². The van der Waals surface area contributed by atoms with Gasteiger partial charge in [-0.05, 0) is 89.0 Å². The number of anilines is 1. The zero-order valence-electron chi connectivity index (χ0n) is 23.5. The lowest BCUT2D eigenvalue weighted by Gasteiger charge is -2.33. The number of nitrogens with one attached hydrogen (secondary N) is 2. The summed E-state index contributed by atoms with van der Waals surface area (Å²) in [5.41, 5.74) is 5.87. The minimum absolute atomic E-state index is 0.0204. The number of hydrogen-bond donors (Lipinski definition) is 3. The van der Waals surface area contributed by atoms with Crippen molar-refractivity contribution in [3.05, 3.63) is 23.8 Å². The molecule has 0 spiro atoms. The first kappa shape index (κ1) is 29.7. The Morgan fingerprint density at radius 1 is 1.13 bits per heavy atom. The topological polar surface area (TPSA) is 123 Å². The molecule has 1 aliphatic heterocycles. The van der Waals surface area contributed by atoms with Crippen LogP contribution in [-0.2, 0) is 14.3 Å². The van der Waals surface area contributed by atoms with E-state index in [1.807, 2.05) is 13.8 Å². The van der Waals surface area contributed by atoms with Crippen LogP contribution in [0.3, 0.4) is 0 Å². The fourth-order valence-corrected chi connectivity index (χ4v) is 5.54. The number of ether oxygens (including phenoxy) is 2. The molecule has 1 unspecified atom stereocenters. The van der Waals surface area contributed by atoms with Crippen molar-refractivity contribution >= 4 is 23.5 Å². The average molecular weight is 531 g/mol. The number of amides is 2. The summed E-state index contributed by atoms with van der Waals surface area (Å²) in [7, 11) is 1.53. The van der Waals surface area contributed by atoms with Gasteiger partial charge in [0, 0.05) is 31.1 Å². The van der Waals surface area contributed by atoms with Crippen LogP contribution in [0.15, 0.2) is 18.2 Å². The molecule has 4 N–H and O–H groups in total. The van der Waals surface area contributed by atoms with Crippen molar-refractivity contribution in [3.8, 4) is 5.75 Å². The number of rotatable bonds is 12. The van der Waals surface area contributed by atoms with E-state index in [1.54, 1.807) is 25.1 Å². The van der Waals surface area contributed by atoms with Crippen molar-refractivity contribution in [2.75, 3.05) is 32.5 Å². The summed E-state index contributed by atoms with van der Waals surface area (Å²) in [6, 6.07) is 5.14. The molecule has 1 aliphatic carbocycles. The van der Waals surface area contributed by atoms with Gasteiger partial charge < -0.3 is 30.7 Å². The first-order valence-corrected chi connectivity index (χ1v) is 14.1. The van der Waals surface area contributed by atoms with Crippen molar-refractivity contribution in [2.45, 2.75) is 96.2 Å². The Morgan fingerprint density at radius 3 is 2.45 bits per heavy atom. The predicted molar refractivity (Wildman–Crippen MR) is 148 cm³/mol. The molecular weight excluding hydrogens is 484 g/mol. The number of methoxy groups -OCH3 is 1. The van der Waals surface area contributed by atoms with Crippen LogP contribution in [0.1, 0.15) is 88.9 Å². The molecule has 1 heterocycles. The maximum Gasteiger partial charge on any atom is 0.331 e. The number of nitrogens with two attached hydrogens (primary N) is 1. The van der Waals surface area contributed by atoms with Crippen LogP contribution in [0.4, 0.5) is 5.69 Å². The SMILES string of the molecule is COc1cc(C(=O)NC2CCN(CCCC(=O)NC(C)(CC(C)C)C(=O)OC3CCCC3)CC2)ccc1N. The highest BCUT2D eigenvalue weighted by atomic mass is 16.5. The van der Waals surface area contributed by atoms with Crippen LogP contribution in [0.25, 0.3) is 0 Å². The summed E-state index contributed by atoms with van der Waals surface area (Å²) < 4.78 is 11.0. The summed E-state index contributed by atoms with van der Waals surface area (Å²) in [5.74, 6) is 0.187. The molecule has 2 aliphatic rings. The molecule has 0 radical (unpaired) electrons. The Kier molecular flexibility index (Phi) is 10.8. The van der Waals surface area contributed by atoms with E-state index in [-0.39, 0.29) is 35.8 Å². The van der Waals surface area contributed by atoms with Gasteiger partial charge in [0.25, 0.3) is 5.91 Å². The van der Waals surface area contributed by atoms with Crippen LogP contribution in [0.5, 0.6) is 5.75 Å². The van der Waals surface area contributed by atoms with E-state index in [2.05, 4.69) is 15.5 Å². The Morgan fingerprint density at radius 2 is 1.82 bits per heavy atom. The number of carbonyl (C=O) groups excluding carboxylic acids is 3. The van der Waals surface area contributed by atoms with Crippen molar-refractivity contribution in [1.29, 1.82) is 0 Å². The zero-order chi connectivity index (χ0) is 27.7. The maximum absolute atomic E-state index is 13.0. The Hall–Kier alpha value is -2.81. The standard InChI is InChI=1S/C29H46N4O5/c1-20(2)19-29(3,28(36)38-23-8-5-6-9-23)32-26(34)10-7-15-33-16-13-22(14-17-33)31-27(35)21-11-12-24(30)25(18-21)37-4/h11-12,18,20,22-23H,5-10,13-17,19,30H2,1-4H3,(H,31,35)(H,32,34). The van der Waals surface area contributed by atoms with E-state index in [9.17, 15) is 14.4 Å². The minimum atomic E-state index is -1.00. The van der Waals surface area contributed by atoms with Gasteiger partial charge in [-0.3, -0.25) is 9.59 Å². The molecule has 1 aromatic carbocycles. The zero-order valence-corrected chi connectivity index (χ0v) is 23.5. The Bertz CT molecular complexity index is 954. The highest BCUT2D eigenvalue weighted by molar-refractivity contribution is 5.95. The minimum Gasteiger partial charge on any atom is -0.495 e. The highest BCUT2D eigenvalue weighted by Crippen LogP contribution is 2.26. The molecule has 2 fully saturated rings. The molecule has 1 atom stereocenters. The number of benzene rings is 1. The number of nitrogens with zero attached hydrogens (tertiary/aromatic N) is 1. The number of likely N-dealkylation sites (tertiary alicyclic amines) is 1. The van der Waals surface area contributed by atoms with Crippen LogP contribution in [-0.4, -0.2) is 67.1 Å². The second kappa shape index (κ2) is 13.8. The lowest BCUT2D eigenvalue weighted by atomic mass is 9.90. The normalized spacial score (nSPS) is 18.7. The summed E-state index contributed by atoms with van der Waals surface area (Å²) in [5, 5.41) is 6.10. The second-order valence-corrected chi connectivity index (χ2v) is 11.4. The summed E-state index contributed by atoms with van der Waals surface area (Å²) in [6.45, 7) is 8.41. The molecule has 3 rings (SSSR count). The van der Waals surface area contributed by atoms with Gasteiger partial charge in [-0.15, -0.1) is 0 Å². The van der Waals surface area contributed by atoms with Crippen molar-refractivity contribution < 1.29 is 23.9 Å². The molecule has 2 amide bonds. The number of nitrogen functional groups attached to an aromatic ring is 1. The molecule has 9 heteroatoms. The van der Waals surface area contributed by atoms with E-state index >= 15 is 0 Å². The second-order valence-electron chi connectivity index (χ2n) is 11.4. The third-order valence-corrected chi connectivity index (χ3v) is 7.55. The smallest absolute Gasteiger partial charge is 0.331 e. The summed E-state index contributed by atoms with van der Waals surface area (Å²) in [4.78, 5) is 40.7. The van der Waals surface area contributed by atoms with E-state index in [0.29, 0.717) is 36.3 Å². The van der Waals surface area contributed by atoms with Crippen molar-refractivity contribution in [1.82, 2.24) is 15.5 Å². The molecule has 9 nitrogen and oxygen atoms in total. The van der Waals surface area contributed by atoms with Crippen LogP contribution < -0.4 is 21.1 Å². The molecule has 1 aromatic rings. The first-order valence-electron chi connectivity index (χ1n) is 14.1. The van der Waals surface area contributed by atoms with Gasteiger partial charge in [0.1, 0.15) is 17.4 Å². The molecule has 1 saturated carbocycles. The number of hydrogen-bond acceptors (Lipinski definition) is 7. The third-order valence-electron chi connectivity index (χ3n) is 7.55. The molecule has 0 aromatic heterocycles. The summed E-state index contributed by atoms with van der Waals surface area (Å²) >= 11 is 0. The van der Waals surface area contributed by atoms with Crippen LogP contribution >= 0.6 is 0 Å². The molecule has 1 saturated heterocycles. The van der Waals surface area contributed by atoms with Gasteiger partial charge >= 0.3 is 5.97 Å². The van der Waals surface area contributed by atoms with Gasteiger partial charge in [0.05, 0.1) is 12.8 Å². The Labute approximate surface area is 227 Å². The predicted octanol–water partition coefficient (Wildman–Crippen LogP) is 3.66. The molecular formula is C29H46N4O5. The van der Waals surface area contributed by atoms with Gasteiger partial charge in [-0.2, -0.15) is 0 Å². The fourth-order valence-electron chi connectivity index (χ4n) is 5.54. The molecule has 38 heavy (non-hydrogen) atoms. The Balaban J connectivity index is 1.39. The average Bonchev–Trinajstić information content (AvgIpc) is 3.38. The van der Waals surface area contributed by atoms with Crippen molar-refractivity contribution in [2.24, 2.45) is 5.92 Å². The highest BCUT2D eigenvalue weighted by Gasteiger charge is 2.38. The monoisotopic (exact) mass is 530 g/mol. The first-order chi connectivity index (χ1) is 18.1. The van der Waals surface area contributed by atoms with Gasteiger partial charge in [0.2, 0.25) is 5.91 Å². The van der Waals surface area contributed by atoms with E-state index < -0.39 is 5.54 Å². The molecule has 0 bridgehead atoms.